The van der Waals surface area contributed by atoms with Crippen molar-refractivity contribution in [1.82, 2.24) is 14.8 Å². The lowest BCUT2D eigenvalue weighted by Crippen LogP contribution is -2.40. The summed E-state index contributed by atoms with van der Waals surface area (Å²) in [5, 5.41) is 4.10. The average Bonchev–Trinajstić information content (AvgIpc) is 2.93. The molecular weight excluding hydrogens is 324 g/mol. The molecule has 7 heteroatoms. The van der Waals surface area contributed by atoms with Crippen molar-refractivity contribution >= 4 is 28.2 Å². The maximum Gasteiger partial charge on any atom is 0.314 e. The number of anilines is 1. The van der Waals surface area contributed by atoms with Crippen molar-refractivity contribution in [3.63, 3.8) is 0 Å². The quantitative estimate of drug-likeness (QED) is 0.842. The zero-order chi connectivity index (χ0) is 17.7. The van der Waals surface area contributed by atoms with E-state index in [4.69, 9.17) is 0 Å². The lowest BCUT2D eigenvalue weighted by molar-refractivity contribution is -0.142. The van der Waals surface area contributed by atoms with Crippen molar-refractivity contribution in [3.05, 3.63) is 36.0 Å². The van der Waals surface area contributed by atoms with Crippen LogP contribution in [0.5, 0.6) is 0 Å². The van der Waals surface area contributed by atoms with Gasteiger partial charge in [-0.3, -0.25) is 9.59 Å². The van der Waals surface area contributed by atoms with Crippen LogP contribution in [-0.4, -0.2) is 60.8 Å². The number of likely N-dealkylation sites (N-methyl/N-ethyl adjacent to an activating group) is 2. The molecule has 0 saturated heterocycles. The summed E-state index contributed by atoms with van der Waals surface area (Å²) in [4.78, 5) is 32.1. The molecule has 1 N–H and O–H groups in total. The number of aryl methyl sites for hydroxylation is 1. The van der Waals surface area contributed by atoms with Crippen molar-refractivity contribution in [2.24, 2.45) is 0 Å². The molecule has 0 saturated carbocycles. The third kappa shape index (κ3) is 4.62. The van der Waals surface area contributed by atoms with E-state index in [2.05, 4.69) is 10.3 Å². The number of hydrogen-bond donors (Lipinski definition) is 1. The van der Waals surface area contributed by atoms with Crippen LogP contribution in [0.1, 0.15) is 5.69 Å². The SMILES string of the molecule is Cc1nc(-c2ccccc2)sc1NC(=O)C(=O)N(C)CCN(C)C. The van der Waals surface area contributed by atoms with Crippen molar-refractivity contribution in [2.45, 2.75) is 6.92 Å². The van der Waals surface area contributed by atoms with Crippen molar-refractivity contribution < 1.29 is 9.59 Å². The van der Waals surface area contributed by atoms with E-state index in [1.54, 1.807) is 7.05 Å². The second-order valence-electron chi connectivity index (χ2n) is 5.78. The van der Waals surface area contributed by atoms with Crippen LogP contribution in [0.25, 0.3) is 10.6 Å². The molecule has 2 rings (SSSR count). The fourth-order valence-electron chi connectivity index (χ4n) is 2.00. The van der Waals surface area contributed by atoms with Crippen LogP contribution in [0.15, 0.2) is 30.3 Å². The predicted molar refractivity (Wildman–Crippen MR) is 97.1 cm³/mol. The minimum Gasteiger partial charge on any atom is -0.336 e. The monoisotopic (exact) mass is 346 g/mol. The number of carbonyl (C=O) groups excluding carboxylic acids is 2. The summed E-state index contributed by atoms with van der Waals surface area (Å²) in [6.07, 6.45) is 0. The number of thiazole rings is 1. The molecule has 2 amide bonds. The largest absolute Gasteiger partial charge is 0.336 e. The fourth-order valence-corrected chi connectivity index (χ4v) is 2.97. The number of nitrogens with zero attached hydrogens (tertiary/aromatic N) is 3. The van der Waals surface area contributed by atoms with Crippen LogP contribution in [-0.2, 0) is 9.59 Å². The highest BCUT2D eigenvalue weighted by Gasteiger charge is 2.21. The summed E-state index contributed by atoms with van der Waals surface area (Å²) in [7, 11) is 5.47. The third-order valence-electron chi connectivity index (χ3n) is 3.47. The van der Waals surface area contributed by atoms with Gasteiger partial charge >= 0.3 is 11.8 Å². The highest BCUT2D eigenvalue weighted by atomic mass is 32.1. The van der Waals surface area contributed by atoms with Crippen LogP contribution in [0.3, 0.4) is 0 Å². The van der Waals surface area contributed by atoms with Crippen LogP contribution in [0.4, 0.5) is 5.00 Å². The number of aromatic nitrogens is 1. The Hall–Kier alpha value is -2.25. The minimum absolute atomic E-state index is 0.496. The van der Waals surface area contributed by atoms with E-state index < -0.39 is 11.8 Å². The zero-order valence-electron chi connectivity index (χ0n) is 14.4. The number of rotatable bonds is 5. The molecule has 128 valence electrons. The van der Waals surface area contributed by atoms with Crippen molar-refractivity contribution in [2.75, 3.05) is 39.5 Å². The molecule has 1 aromatic heterocycles. The van der Waals surface area contributed by atoms with Crippen LogP contribution >= 0.6 is 11.3 Å². The lowest BCUT2D eigenvalue weighted by Gasteiger charge is -2.18. The Morgan fingerprint density at radius 3 is 2.42 bits per heavy atom. The van der Waals surface area contributed by atoms with E-state index in [0.717, 1.165) is 10.6 Å². The van der Waals surface area contributed by atoms with E-state index >= 15 is 0 Å². The van der Waals surface area contributed by atoms with Gasteiger partial charge in [-0.2, -0.15) is 0 Å². The molecule has 0 bridgehead atoms. The van der Waals surface area contributed by atoms with Gasteiger partial charge in [0.05, 0.1) is 5.69 Å². The maximum absolute atomic E-state index is 12.2. The molecule has 0 unspecified atom stereocenters. The van der Waals surface area contributed by atoms with E-state index in [9.17, 15) is 9.59 Å². The first-order valence-corrected chi connectivity index (χ1v) is 8.44. The van der Waals surface area contributed by atoms with Crippen LogP contribution in [0.2, 0.25) is 0 Å². The summed E-state index contributed by atoms with van der Waals surface area (Å²) < 4.78 is 0. The first kappa shape index (κ1) is 18.1. The van der Waals surface area contributed by atoms with E-state index in [1.807, 2.05) is 56.3 Å². The molecule has 6 nitrogen and oxygen atoms in total. The molecule has 0 fully saturated rings. The number of carbonyl (C=O) groups is 2. The topological polar surface area (TPSA) is 65.5 Å². The highest BCUT2D eigenvalue weighted by molar-refractivity contribution is 7.19. The average molecular weight is 346 g/mol. The zero-order valence-corrected chi connectivity index (χ0v) is 15.2. The van der Waals surface area contributed by atoms with Gasteiger partial charge in [0, 0.05) is 25.7 Å². The Kier molecular flexibility index (Phi) is 6.05. The van der Waals surface area contributed by atoms with E-state index in [-0.39, 0.29) is 0 Å². The smallest absolute Gasteiger partial charge is 0.314 e. The summed E-state index contributed by atoms with van der Waals surface area (Å²) in [6, 6.07) is 9.74. The Bertz CT molecular complexity index is 713. The summed E-state index contributed by atoms with van der Waals surface area (Å²) >= 11 is 1.37. The molecule has 0 radical (unpaired) electrons. The number of nitrogens with one attached hydrogen (secondary N) is 1. The van der Waals surface area contributed by atoms with Gasteiger partial charge in [-0.25, -0.2) is 4.98 Å². The van der Waals surface area contributed by atoms with Crippen LogP contribution in [0, 0.1) is 6.92 Å². The van der Waals surface area contributed by atoms with Gasteiger partial charge in [-0.15, -0.1) is 0 Å². The van der Waals surface area contributed by atoms with Gasteiger partial charge in [0.25, 0.3) is 0 Å². The molecule has 0 atom stereocenters. The third-order valence-corrected chi connectivity index (χ3v) is 4.59. The number of amides is 2. The Morgan fingerprint density at radius 1 is 1.12 bits per heavy atom. The normalized spacial score (nSPS) is 10.7. The fraction of sp³-hybridized carbons (Fsp3) is 0.353. The van der Waals surface area contributed by atoms with E-state index in [0.29, 0.717) is 23.8 Å². The van der Waals surface area contributed by atoms with Gasteiger partial charge in [0.1, 0.15) is 10.0 Å². The van der Waals surface area contributed by atoms with Gasteiger partial charge in [0.2, 0.25) is 0 Å². The van der Waals surface area contributed by atoms with Gasteiger partial charge < -0.3 is 15.1 Å². The highest BCUT2D eigenvalue weighted by Crippen LogP contribution is 2.31. The Balaban J connectivity index is 2.04. The molecule has 0 aliphatic carbocycles. The minimum atomic E-state index is -0.636. The molecule has 0 aliphatic rings. The lowest BCUT2D eigenvalue weighted by atomic mass is 10.2. The second-order valence-corrected chi connectivity index (χ2v) is 6.78. The van der Waals surface area contributed by atoms with Gasteiger partial charge in [-0.05, 0) is 21.0 Å². The van der Waals surface area contributed by atoms with Crippen LogP contribution < -0.4 is 5.32 Å². The number of benzene rings is 1. The molecule has 2 aromatic rings. The number of hydrogen-bond acceptors (Lipinski definition) is 5. The molecule has 24 heavy (non-hydrogen) atoms. The Morgan fingerprint density at radius 2 is 1.79 bits per heavy atom. The first-order valence-electron chi connectivity index (χ1n) is 7.62. The molecule has 1 heterocycles. The molecule has 0 aliphatic heterocycles. The summed E-state index contributed by atoms with van der Waals surface area (Å²) in [5.74, 6) is -1.19. The summed E-state index contributed by atoms with van der Waals surface area (Å²) in [5.41, 5.74) is 1.69. The molecular formula is C17H22N4O2S. The Labute approximate surface area is 146 Å². The maximum atomic E-state index is 12.2. The molecule has 1 aromatic carbocycles. The predicted octanol–water partition coefficient (Wildman–Crippen LogP) is 2.08. The molecule has 0 spiro atoms. The van der Waals surface area contributed by atoms with Crippen molar-refractivity contribution in [3.8, 4) is 10.6 Å². The van der Waals surface area contributed by atoms with E-state index in [1.165, 1.54) is 16.2 Å². The first-order chi connectivity index (χ1) is 11.4. The summed E-state index contributed by atoms with van der Waals surface area (Å²) in [6.45, 7) is 3.02. The van der Waals surface area contributed by atoms with Gasteiger partial charge in [-0.1, -0.05) is 41.7 Å². The van der Waals surface area contributed by atoms with Crippen molar-refractivity contribution in [1.29, 1.82) is 0 Å². The standard InChI is InChI=1S/C17H22N4O2S/c1-12-15(24-16(18-12)13-8-6-5-7-9-13)19-14(22)17(23)21(4)11-10-20(2)3/h5-9H,10-11H2,1-4H3,(H,19,22). The second kappa shape index (κ2) is 8.03. The van der Waals surface area contributed by atoms with Gasteiger partial charge in [0.15, 0.2) is 0 Å².